The van der Waals surface area contributed by atoms with Crippen LogP contribution in [-0.4, -0.2) is 27.3 Å². The number of para-hydroxylation sites is 2. The molecule has 4 aromatic rings. The summed E-state index contributed by atoms with van der Waals surface area (Å²) < 4.78 is 6.09. The Morgan fingerprint density at radius 3 is 2.89 bits per heavy atom. The summed E-state index contributed by atoms with van der Waals surface area (Å²) in [5.41, 5.74) is 7.41. The number of carbonyl (C=O) groups is 1. The number of Topliss-reactive ketones (excluding diaryl/α,β-unsaturated/α-hetero) is 1. The summed E-state index contributed by atoms with van der Waals surface area (Å²) in [6.45, 7) is 2.64. The second kappa shape index (κ2) is 9.05. The second-order valence-electron chi connectivity index (χ2n) is 8.73. The van der Waals surface area contributed by atoms with Gasteiger partial charge in [0.2, 0.25) is 0 Å². The Hall–Kier alpha value is -3.88. The molecule has 0 saturated carbocycles. The van der Waals surface area contributed by atoms with Crippen molar-refractivity contribution in [2.24, 2.45) is 0 Å². The molecule has 1 aliphatic heterocycles. The quantitative estimate of drug-likeness (QED) is 0.182. The van der Waals surface area contributed by atoms with Crippen LogP contribution in [0.4, 0.5) is 5.69 Å². The van der Waals surface area contributed by atoms with Crippen molar-refractivity contribution in [3.8, 4) is 11.8 Å². The molecule has 8 heteroatoms. The molecule has 0 amide bonds. The van der Waals surface area contributed by atoms with E-state index in [2.05, 4.69) is 20.3 Å². The summed E-state index contributed by atoms with van der Waals surface area (Å²) in [6.07, 6.45) is 4.20. The monoisotopic (exact) mass is 470 g/mol. The summed E-state index contributed by atoms with van der Waals surface area (Å²) >= 11 is 0. The van der Waals surface area contributed by atoms with Crippen LogP contribution in [0.25, 0.3) is 11.0 Å². The summed E-state index contributed by atoms with van der Waals surface area (Å²) in [5.74, 6) is 0.638. The minimum atomic E-state index is -0.203. The number of fused-ring (bicyclic) bond motifs is 2. The van der Waals surface area contributed by atoms with Crippen LogP contribution in [0, 0.1) is 0 Å². The summed E-state index contributed by atoms with van der Waals surface area (Å²) in [4.78, 5) is 34.6. The zero-order chi connectivity index (χ0) is 23.8. The van der Waals surface area contributed by atoms with Gasteiger partial charge in [0.15, 0.2) is 5.78 Å². The van der Waals surface area contributed by atoms with Gasteiger partial charge < -0.3 is 20.0 Å². The molecule has 0 saturated heterocycles. The Bertz CT molecular complexity index is 1400. The molecule has 8 nitrogen and oxygen atoms in total. The fraction of sp³-hybridized carbons (Fsp3) is 0.259. The van der Waals surface area contributed by atoms with Crippen molar-refractivity contribution in [2.45, 2.75) is 38.7 Å². The average molecular weight is 471 g/mol. The normalized spacial score (nSPS) is 17.3. The molecule has 0 bridgehead atoms. The number of anilines is 1. The van der Waals surface area contributed by atoms with Gasteiger partial charge in [0.1, 0.15) is 12.4 Å². The molecule has 1 atom stereocenters. The van der Waals surface area contributed by atoms with Crippen molar-refractivity contribution in [3.63, 3.8) is 0 Å². The topological polar surface area (TPSA) is 101 Å². The minimum absolute atomic E-state index is 0.186. The van der Waals surface area contributed by atoms with Crippen LogP contribution in [0.3, 0.4) is 0 Å². The molecule has 3 heterocycles. The highest BCUT2D eigenvalue weighted by Gasteiger charge is 2.37. The van der Waals surface area contributed by atoms with E-state index < -0.39 is 0 Å². The molecule has 6 rings (SSSR count). The van der Waals surface area contributed by atoms with Gasteiger partial charge in [-0.3, -0.25) is 4.79 Å². The molecule has 2 aliphatic rings. The van der Waals surface area contributed by atoms with Gasteiger partial charge in [-0.25, -0.2) is 9.78 Å². The number of carbonyl (C=O) groups excluding carboxylic acids is 1. The Kier molecular flexibility index (Phi) is 5.60. The van der Waals surface area contributed by atoms with E-state index >= 15 is 0 Å². The smallest absolute Gasteiger partial charge is 0.300 e. The number of rotatable bonds is 7. The Morgan fingerprint density at radius 2 is 2.00 bits per heavy atom. The van der Waals surface area contributed by atoms with Gasteiger partial charge in [-0.2, -0.15) is 4.98 Å². The van der Waals surface area contributed by atoms with Gasteiger partial charge in [0.05, 0.1) is 29.0 Å². The van der Waals surface area contributed by atoms with Crippen LogP contribution in [0.15, 0.2) is 66.0 Å². The van der Waals surface area contributed by atoms with E-state index in [0.29, 0.717) is 24.8 Å². The van der Waals surface area contributed by atoms with Gasteiger partial charge >= 0.3 is 0 Å². The lowest BCUT2D eigenvalue weighted by molar-refractivity contribution is -0.301. The van der Waals surface area contributed by atoms with Crippen molar-refractivity contribution >= 4 is 22.5 Å². The van der Waals surface area contributed by atoms with Gasteiger partial charge in [0.25, 0.3) is 6.01 Å². The van der Waals surface area contributed by atoms with Crippen LogP contribution in [0.2, 0.25) is 0 Å². The number of hydrogen-bond donors (Lipinski definition) is 3. The number of aromatic amines is 2. The van der Waals surface area contributed by atoms with Crippen molar-refractivity contribution in [3.05, 3.63) is 82.8 Å². The third kappa shape index (κ3) is 4.00. The van der Waals surface area contributed by atoms with E-state index in [4.69, 9.17) is 14.5 Å². The first-order valence-corrected chi connectivity index (χ1v) is 11.9. The van der Waals surface area contributed by atoms with Gasteiger partial charge in [-0.15, -0.1) is 0 Å². The lowest BCUT2D eigenvalue weighted by atomic mass is 9.76. The lowest BCUT2D eigenvalue weighted by Gasteiger charge is -2.33. The van der Waals surface area contributed by atoms with Crippen molar-refractivity contribution in [1.29, 1.82) is 0 Å². The number of imidazole rings is 1. The SMILES string of the molecule is CCOOCc1[nH]cc2c1NC1=C(C(=O)CCC1)[C@H]2c1cccc(Oc2nc3ccccc3[nH]2)c1. The third-order valence-electron chi connectivity index (χ3n) is 6.50. The largest absolute Gasteiger partial charge is 0.426 e. The Morgan fingerprint density at radius 1 is 1.09 bits per heavy atom. The number of ether oxygens (including phenoxy) is 1. The Balaban J connectivity index is 1.37. The van der Waals surface area contributed by atoms with Gasteiger partial charge in [-0.05, 0) is 49.6 Å². The molecule has 0 fully saturated rings. The van der Waals surface area contributed by atoms with Crippen LogP contribution >= 0.6 is 0 Å². The molecular formula is C27H26N4O4. The van der Waals surface area contributed by atoms with E-state index in [1.54, 1.807) is 0 Å². The molecule has 2 aromatic heterocycles. The molecule has 35 heavy (non-hydrogen) atoms. The first-order chi connectivity index (χ1) is 17.2. The highest BCUT2D eigenvalue weighted by Crippen LogP contribution is 2.47. The summed E-state index contributed by atoms with van der Waals surface area (Å²) in [7, 11) is 0. The predicted octanol–water partition coefficient (Wildman–Crippen LogP) is 5.72. The van der Waals surface area contributed by atoms with Crippen molar-refractivity contribution < 1.29 is 19.3 Å². The highest BCUT2D eigenvalue weighted by atomic mass is 17.2. The zero-order valence-corrected chi connectivity index (χ0v) is 19.4. The second-order valence-corrected chi connectivity index (χ2v) is 8.73. The maximum absolute atomic E-state index is 13.1. The number of nitrogens with zero attached hydrogens (tertiary/aromatic N) is 1. The average Bonchev–Trinajstić information content (AvgIpc) is 3.46. The number of benzene rings is 2. The molecule has 0 radical (unpaired) electrons. The lowest BCUT2D eigenvalue weighted by Crippen LogP contribution is -2.26. The number of H-pyrrole nitrogens is 2. The number of nitrogens with one attached hydrogen (secondary N) is 3. The maximum atomic E-state index is 13.1. The van der Waals surface area contributed by atoms with Gasteiger partial charge in [0, 0.05) is 35.4 Å². The summed E-state index contributed by atoms with van der Waals surface area (Å²) in [5, 5.41) is 3.52. The number of ketones is 1. The van der Waals surface area contributed by atoms with Crippen molar-refractivity contribution in [1.82, 2.24) is 15.0 Å². The van der Waals surface area contributed by atoms with E-state index in [0.717, 1.165) is 57.7 Å². The summed E-state index contributed by atoms with van der Waals surface area (Å²) in [6, 6.07) is 16.1. The van der Waals surface area contributed by atoms with Crippen LogP contribution in [-0.2, 0) is 21.2 Å². The molecular weight excluding hydrogens is 444 g/mol. The van der Waals surface area contributed by atoms with Crippen LogP contribution < -0.4 is 10.1 Å². The Labute approximate surface area is 202 Å². The standard InChI is InChI=1S/C27H26N4O4/c1-2-33-34-15-22-26-18(14-28-22)24(25-21(29-26)11-6-12-23(25)32)16-7-5-8-17(13-16)35-27-30-19-9-3-4-10-20(19)31-27/h3-5,7-10,13-14,24,28-29H,2,6,11-12,15H2,1H3,(H,30,31)/t24-/m0/s1. The molecule has 0 spiro atoms. The van der Waals surface area contributed by atoms with E-state index in [1.807, 2.05) is 61.7 Å². The molecule has 3 N–H and O–H groups in total. The zero-order valence-electron chi connectivity index (χ0n) is 19.4. The van der Waals surface area contributed by atoms with Crippen LogP contribution in [0.1, 0.15) is 48.9 Å². The van der Waals surface area contributed by atoms with E-state index in [1.165, 1.54) is 0 Å². The predicted molar refractivity (Wildman–Crippen MR) is 131 cm³/mol. The van der Waals surface area contributed by atoms with Crippen molar-refractivity contribution in [2.75, 3.05) is 11.9 Å². The molecule has 178 valence electrons. The number of aromatic nitrogens is 3. The fourth-order valence-corrected chi connectivity index (χ4v) is 4.98. The first kappa shape index (κ1) is 21.6. The van der Waals surface area contributed by atoms with E-state index in [9.17, 15) is 4.79 Å². The third-order valence-corrected chi connectivity index (χ3v) is 6.50. The maximum Gasteiger partial charge on any atom is 0.300 e. The van der Waals surface area contributed by atoms with Gasteiger partial charge in [-0.1, -0.05) is 24.3 Å². The molecule has 2 aromatic carbocycles. The number of hydrogen-bond acceptors (Lipinski definition) is 6. The fourth-order valence-electron chi connectivity index (χ4n) is 4.98. The van der Waals surface area contributed by atoms with E-state index in [-0.39, 0.29) is 18.3 Å². The molecule has 1 aliphatic carbocycles. The first-order valence-electron chi connectivity index (χ1n) is 11.9. The highest BCUT2D eigenvalue weighted by molar-refractivity contribution is 6.01. The number of allylic oxidation sites excluding steroid dienone is 2. The molecule has 0 unspecified atom stereocenters. The minimum Gasteiger partial charge on any atom is -0.426 e. The van der Waals surface area contributed by atoms with Crippen LogP contribution in [0.5, 0.6) is 11.8 Å².